The van der Waals surface area contributed by atoms with Crippen molar-refractivity contribution >= 4 is 21.7 Å². The Morgan fingerprint density at radius 2 is 1.96 bits per heavy atom. The Labute approximate surface area is 154 Å². The molecule has 1 saturated heterocycles. The van der Waals surface area contributed by atoms with Crippen LogP contribution in [-0.2, 0) is 9.84 Å². The Morgan fingerprint density at radius 1 is 1.23 bits per heavy atom. The van der Waals surface area contributed by atoms with Crippen molar-refractivity contribution in [2.24, 2.45) is 0 Å². The van der Waals surface area contributed by atoms with E-state index in [9.17, 15) is 13.2 Å². The summed E-state index contributed by atoms with van der Waals surface area (Å²) < 4.78 is 25.3. The van der Waals surface area contributed by atoms with Crippen molar-refractivity contribution in [2.75, 3.05) is 11.5 Å². The lowest BCUT2D eigenvalue weighted by Gasteiger charge is -2.10. The van der Waals surface area contributed by atoms with Gasteiger partial charge in [0.05, 0.1) is 23.2 Å². The fourth-order valence-electron chi connectivity index (χ4n) is 3.58. The number of rotatable bonds is 4. The van der Waals surface area contributed by atoms with Gasteiger partial charge in [0.1, 0.15) is 0 Å². The predicted molar refractivity (Wildman–Crippen MR) is 103 cm³/mol. The van der Waals surface area contributed by atoms with E-state index in [0.717, 1.165) is 28.1 Å². The van der Waals surface area contributed by atoms with Gasteiger partial charge in [0.25, 0.3) is 0 Å². The predicted octanol–water partition coefficient (Wildman–Crippen LogP) is 3.37. The van der Waals surface area contributed by atoms with Gasteiger partial charge in [0, 0.05) is 16.8 Å². The first kappa shape index (κ1) is 18.6. The van der Waals surface area contributed by atoms with E-state index in [2.05, 4.69) is 5.10 Å². The van der Waals surface area contributed by atoms with Gasteiger partial charge in [-0.15, -0.1) is 0 Å². The number of carbonyl (C=O) groups is 1. The van der Waals surface area contributed by atoms with Crippen LogP contribution in [0.2, 0.25) is 0 Å². The van der Waals surface area contributed by atoms with Crippen molar-refractivity contribution < 1.29 is 13.2 Å². The number of nitrogens with zero attached hydrogens (tertiary/aromatic N) is 2. The molecule has 6 heteroatoms. The maximum Gasteiger partial charge on any atom is 0.186 e. The van der Waals surface area contributed by atoms with Gasteiger partial charge in [0.2, 0.25) is 0 Å². The maximum atomic E-state index is 12.5. The van der Waals surface area contributed by atoms with Crippen LogP contribution in [0.1, 0.15) is 50.9 Å². The largest absolute Gasteiger partial charge is 0.289 e. The van der Waals surface area contributed by atoms with Gasteiger partial charge in [-0.05, 0) is 51.8 Å². The van der Waals surface area contributed by atoms with E-state index < -0.39 is 9.84 Å². The molecular formula is C20H24N2O3S. The average Bonchev–Trinajstić information content (AvgIpc) is 3.04. The molecular weight excluding hydrogens is 348 g/mol. The van der Waals surface area contributed by atoms with E-state index in [0.29, 0.717) is 12.0 Å². The molecule has 26 heavy (non-hydrogen) atoms. The van der Waals surface area contributed by atoms with Gasteiger partial charge in [-0.1, -0.05) is 23.8 Å². The van der Waals surface area contributed by atoms with Crippen LogP contribution >= 0.6 is 0 Å². The minimum absolute atomic E-state index is 0.0440. The second-order valence-electron chi connectivity index (χ2n) is 7.10. The van der Waals surface area contributed by atoms with E-state index >= 15 is 0 Å². The Balaban J connectivity index is 1.86. The summed E-state index contributed by atoms with van der Waals surface area (Å²) in [6.07, 6.45) is 3.96. The van der Waals surface area contributed by atoms with Crippen LogP contribution in [0.5, 0.6) is 0 Å². The number of aromatic nitrogens is 2. The fraction of sp³-hybridized carbons (Fsp3) is 0.400. The molecule has 0 saturated carbocycles. The van der Waals surface area contributed by atoms with Crippen molar-refractivity contribution in [3.05, 3.63) is 57.9 Å². The summed E-state index contributed by atoms with van der Waals surface area (Å²) in [6.45, 7) is 7.74. The van der Waals surface area contributed by atoms with Gasteiger partial charge in [-0.25, -0.2) is 8.42 Å². The second kappa shape index (κ2) is 6.83. The molecule has 1 atom stereocenters. The molecule has 1 aromatic heterocycles. The van der Waals surface area contributed by atoms with Crippen molar-refractivity contribution in [3.8, 4) is 0 Å². The number of sulfone groups is 1. The lowest BCUT2D eigenvalue weighted by atomic mass is 10.0. The van der Waals surface area contributed by atoms with Crippen LogP contribution in [0.25, 0.3) is 6.08 Å². The summed E-state index contributed by atoms with van der Waals surface area (Å²) >= 11 is 0. The van der Waals surface area contributed by atoms with Gasteiger partial charge in [-0.3, -0.25) is 9.48 Å². The number of hydrogen-bond donors (Lipinski definition) is 0. The SMILES string of the molecule is Cc1ccc(C(=O)/C=C/c2c(C)nn([C@H]3CCS(=O)(=O)C3)c2C)c(C)c1. The summed E-state index contributed by atoms with van der Waals surface area (Å²) in [7, 11) is -2.97. The Morgan fingerprint density at radius 3 is 2.58 bits per heavy atom. The molecule has 3 rings (SSSR count). The standard InChI is InChI=1S/C20H24N2O3S/c1-13-5-6-18(14(2)11-13)20(23)8-7-19-15(3)21-22(16(19)4)17-9-10-26(24,25)12-17/h5-8,11,17H,9-10,12H2,1-4H3/b8-7+/t17-/m0/s1. The third kappa shape index (κ3) is 3.65. The average molecular weight is 372 g/mol. The molecule has 0 unspecified atom stereocenters. The lowest BCUT2D eigenvalue weighted by Crippen LogP contribution is -2.13. The van der Waals surface area contributed by atoms with Gasteiger partial charge in [0.15, 0.2) is 15.6 Å². The number of ketones is 1. The van der Waals surface area contributed by atoms with E-state index in [-0.39, 0.29) is 23.3 Å². The van der Waals surface area contributed by atoms with Crippen molar-refractivity contribution in [1.29, 1.82) is 0 Å². The normalized spacial score (nSPS) is 19.3. The zero-order chi connectivity index (χ0) is 19.1. The molecule has 2 heterocycles. The summed E-state index contributed by atoms with van der Waals surface area (Å²) in [5, 5.41) is 4.53. The molecule has 1 aliphatic heterocycles. The van der Waals surface area contributed by atoms with Crippen molar-refractivity contribution in [1.82, 2.24) is 9.78 Å². The molecule has 1 fully saturated rings. The smallest absolute Gasteiger partial charge is 0.186 e. The number of carbonyl (C=O) groups excluding carboxylic acids is 1. The highest BCUT2D eigenvalue weighted by atomic mass is 32.2. The Bertz CT molecular complexity index is 1000. The zero-order valence-electron chi connectivity index (χ0n) is 15.6. The molecule has 1 aromatic carbocycles. The quantitative estimate of drug-likeness (QED) is 0.609. The van der Waals surface area contributed by atoms with Crippen molar-refractivity contribution in [3.63, 3.8) is 0 Å². The highest BCUT2D eigenvalue weighted by Crippen LogP contribution is 2.27. The summed E-state index contributed by atoms with van der Waals surface area (Å²) in [6, 6.07) is 5.67. The first-order valence-electron chi connectivity index (χ1n) is 8.74. The van der Waals surface area contributed by atoms with Crippen LogP contribution < -0.4 is 0 Å². The summed E-state index contributed by atoms with van der Waals surface area (Å²) in [5.41, 5.74) is 5.36. The highest BCUT2D eigenvalue weighted by molar-refractivity contribution is 7.91. The third-order valence-electron chi connectivity index (χ3n) is 4.98. The highest BCUT2D eigenvalue weighted by Gasteiger charge is 2.31. The molecule has 1 aliphatic rings. The van der Waals surface area contributed by atoms with E-state index in [1.165, 1.54) is 0 Å². The molecule has 0 amide bonds. The number of benzene rings is 1. The van der Waals surface area contributed by atoms with E-state index in [4.69, 9.17) is 0 Å². The van der Waals surface area contributed by atoms with Gasteiger partial charge < -0.3 is 0 Å². The topological polar surface area (TPSA) is 69.0 Å². The molecule has 0 radical (unpaired) electrons. The Hall–Kier alpha value is -2.21. The minimum Gasteiger partial charge on any atom is -0.289 e. The molecule has 0 spiro atoms. The number of aryl methyl sites for hydroxylation is 3. The summed E-state index contributed by atoms with van der Waals surface area (Å²) in [4.78, 5) is 12.5. The first-order chi connectivity index (χ1) is 12.2. The zero-order valence-corrected chi connectivity index (χ0v) is 16.4. The summed E-state index contributed by atoms with van der Waals surface area (Å²) in [5.74, 6) is 0.309. The Kier molecular flexibility index (Phi) is 4.88. The minimum atomic E-state index is -2.97. The molecule has 5 nitrogen and oxygen atoms in total. The first-order valence-corrected chi connectivity index (χ1v) is 10.6. The van der Waals surface area contributed by atoms with Crippen LogP contribution in [0, 0.1) is 27.7 Å². The van der Waals surface area contributed by atoms with Crippen LogP contribution in [0.3, 0.4) is 0 Å². The lowest BCUT2D eigenvalue weighted by molar-refractivity contribution is 0.104. The van der Waals surface area contributed by atoms with Gasteiger partial charge >= 0.3 is 0 Å². The molecule has 2 aromatic rings. The number of allylic oxidation sites excluding steroid dienone is 1. The fourth-order valence-corrected chi connectivity index (χ4v) is 5.27. The third-order valence-corrected chi connectivity index (χ3v) is 6.73. The molecule has 0 aliphatic carbocycles. The van der Waals surface area contributed by atoms with Crippen LogP contribution in [0.15, 0.2) is 24.3 Å². The monoisotopic (exact) mass is 372 g/mol. The van der Waals surface area contributed by atoms with Crippen LogP contribution in [0.4, 0.5) is 0 Å². The van der Waals surface area contributed by atoms with Crippen molar-refractivity contribution in [2.45, 2.75) is 40.2 Å². The maximum absolute atomic E-state index is 12.5. The second-order valence-corrected chi connectivity index (χ2v) is 9.33. The van der Waals surface area contributed by atoms with Gasteiger partial charge in [-0.2, -0.15) is 5.10 Å². The molecule has 138 valence electrons. The molecule has 0 N–H and O–H groups in total. The molecule has 0 bridgehead atoms. The van der Waals surface area contributed by atoms with E-state index in [1.807, 2.05) is 45.9 Å². The van der Waals surface area contributed by atoms with Crippen LogP contribution in [-0.4, -0.2) is 35.5 Å². The van der Waals surface area contributed by atoms with E-state index in [1.54, 1.807) is 16.8 Å². The number of hydrogen-bond acceptors (Lipinski definition) is 4.